The Labute approximate surface area is 49.9 Å². The van der Waals surface area contributed by atoms with Gasteiger partial charge in [-0.25, -0.2) is 0 Å². The molecule has 0 aliphatic rings. The highest BCUT2D eigenvalue weighted by atomic mass is 31.2. The van der Waals surface area contributed by atoms with Crippen LogP contribution in [-0.4, -0.2) is 18.1 Å². The third-order valence-corrected chi connectivity index (χ3v) is 0.645. The summed E-state index contributed by atoms with van der Waals surface area (Å²) in [6.07, 6.45) is 0. The van der Waals surface area contributed by atoms with Gasteiger partial charge in [-0.15, -0.1) is 0 Å². The van der Waals surface area contributed by atoms with Gasteiger partial charge in [0, 0.05) is 10.8 Å². The van der Waals surface area contributed by atoms with Crippen LogP contribution in [0.3, 0.4) is 0 Å². The first-order chi connectivity index (χ1) is 4.96. The van der Waals surface area contributed by atoms with E-state index in [1.54, 1.807) is 0 Å². The zero-order chi connectivity index (χ0) is 10.2. The van der Waals surface area contributed by atoms with Crippen molar-refractivity contribution in [2.24, 2.45) is 0 Å². The lowest BCUT2D eigenvalue weighted by Gasteiger charge is -2.00. The molecule has 0 saturated heterocycles. The first kappa shape index (κ1) is 2.18. The van der Waals surface area contributed by atoms with Crippen molar-refractivity contribution < 1.29 is 20.8 Å². The molecule has 0 fully saturated rings. The van der Waals surface area contributed by atoms with E-state index in [-0.39, 0.29) is 0 Å². The molecule has 0 saturated carbocycles. The second-order valence-corrected chi connectivity index (χ2v) is 2.78. The summed E-state index contributed by atoms with van der Waals surface area (Å²) in [6.45, 7) is -5.44. The van der Waals surface area contributed by atoms with Crippen LogP contribution >= 0.6 is 7.60 Å². The van der Waals surface area contributed by atoms with Crippen molar-refractivity contribution in [2.75, 3.05) is 13.2 Å². The summed E-state index contributed by atoms with van der Waals surface area (Å²) in [5.41, 5.74) is 0. The normalized spacial score (nSPS) is 33.1. The van der Waals surface area contributed by atoms with E-state index in [2.05, 4.69) is 4.52 Å². The van der Waals surface area contributed by atoms with Gasteiger partial charge in [-0.3, -0.25) is 4.57 Å². The van der Waals surface area contributed by atoms with Crippen LogP contribution in [-0.2, 0) is 9.09 Å². The fraction of sp³-hybridized carbons (Fsp3) is 1.00. The maximum absolute atomic E-state index is 10.5. The number of hydrogen-bond donors (Lipinski definition) is 1. The Morgan fingerprint density at radius 2 is 2.86 bits per heavy atom. The molecule has 1 unspecified atom stereocenters. The van der Waals surface area contributed by atoms with E-state index in [0.29, 0.717) is 0 Å². The van der Waals surface area contributed by atoms with Crippen LogP contribution < -0.4 is 0 Å². The highest BCUT2D eigenvalue weighted by Gasteiger charge is 2.05. The standard InChI is InChI=1S/C3H9O3P/c1-3-6-7(2,4)5/h3H2,1-2H3,(H,4,5)/i1D3,3D2. The largest absolute Gasteiger partial charge is 0.325 e. The lowest BCUT2D eigenvalue weighted by molar-refractivity contribution is 0.279. The molecular weight excluding hydrogens is 115 g/mol. The minimum absolute atomic E-state index is 0.719. The summed E-state index contributed by atoms with van der Waals surface area (Å²) in [4.78, 5) is 8.56. The molecule has 0 aliphatic heterocycles. The summed E-state index contributed by atoms with van der Waals surface area (Å²) in [5.74, 6) is 0. The summed E-state index contributed by atoms with van der Waals surface area (Å²) < 4.78 is 47.8. The van der Waals surface area contributed by atoms with Crippen molar-refractivity contribution in [3.63, 3.8) is 0 Å². The average molecular weight is 129 g/mol. The Morgan fingerprint density at radius 1 is 2.29 bits per heavy atom. The molecule has 0 bridgehead atoms. The molecule has 0 rings (SSSR count). The average Bonchev–Trinajstić information content (AvgIpc) is 1.52. The summed E-state index contributed by atoms with van der Waals surface area (Å²) in [7, 11) is -4.12. The molecule has 1 N–H and O–H groups in total. The second-order valence-electron chi connectivity index (χ2n) is 0.996. The van der Waals surface area contributed by atoms with Crippen LogP contribution in [0, 0.1) is 0 Å². The quantitative estimate of drug-likeness (QED) is 0.562. The summed E-state index contributed by atoms with van der Waals surface area (Å²) in [5, 5.41) is 0. The first-order valence-electron chi connectivity index (χ1n) is 3.97. The van der Waals surface area contributed by atoms with Crippen LogP contribution in [0.5, 0.6) is 0 Å². The molecule has 3 nitrogen and oxygen atoms in total. The molecule has 0 aromatic heterocycles. The van der Waals surface area contributed by atoms with Crippen molar-refractivity contribution in [3.05, 3.63) is 0 Å². The summed E-state index contributed by atoms with van der Waals surface area (Å²) in [6, 6.07) is 0. The van der Waals surface area contributed by atoms with E-state index >= 15 is 0 Å². The van der Waals surface area contributed by atoms with Gasteiger partial charge in [0.25, 0.3) is 0 Å². The molecule has 0 aliphatic carbocycles. The summed E-state index contributed by atoms with van der Waals surface area (Å²) >= 11 is 0. The van der Waals surface area contributed by atoms with Gasteiger partial charge in [-0.05, 0) is 6.85 Å². The van der Waals surface area contributed by atoms with E-state index in [1.165, 1.54) is 0 Å². The van der Waals surface area contributed by atoms with Crippen LogP contribution in [0.2, 0.25) is 0 Å². The fourth-order valence-corrected chi connectivity index (χ4v) is 0.254. The minimum Gasteiger partial charge on any atom is -0.324 e. The van der Waals surface area contributed by atoms with E-state index in [9.17, 15) is 4.57 Å². The highest BCUT2D eigenvalue weighted by molar-refractivity contribution is 7.51. The lowest BCUT2D eigenvalue weighted by Crippen LogP contribution is -1.83. The number of hydrogen-bond acceptors (Lipinski definition) is 2. The maximum Gasteiger partial charge on any atom is 0.325 e. The maximum atomic E-state index is 10.5. The van der Waals surface area contributed by atoms with Crippen LogP contribution in [0.4, 0.5) is 0 Å². The highest BCUT2D eigenvalue weighted by Crippen LogP contribution is 2.35. The van der Waals surface area contributed by atoms with Crippen molar-refractivity contribution in [3.8, 4) is 0 Å². The van der Waals surface area contributed by atoms with Crippen molar-refractivity contribution in [1.29, 1.82) is 0 Å². The molecular formula is C3H9O3P. The molecule has 0 spiro atoms. The second kappa shape index (κ2) is 2.46. The molecule has 44 valence electrons. The Morgan fingerprint density at radius 3 is 3.00 bits per heavy atom. The molecule has 0 heterocycles. The predicted octanol–water partition coefficient (Wildman–Crippen LogP) is 0.838. The van der Waals surface area contributed by atoms with E-state index in [0.717, 1.165) is 6.66 Å². The molecule has 4 heteroatoms. The van der Waals surface area contributed by atoms with Gasteiger partial charge in [-0.2, -0.15) is 0 Å². The first-order valence-corrected chi connectivity index (χ1v) is 3.49. The van der Waals surface area contributed by atoms with E-state index in [4.69, 9.17) is 11.7 Å². The smallest absolute Gasteiger partial charge is 0.324 e. The van der Waals surface area contributed by atoms with Gasteiger partial charge in [0.1, 0.15) is 0 Å². The predicted molar refractivity (Wildman–Crippen MR) is 27.4 cm³/mol. The SMILES string of the molecule is [2H]C([2H])([2H])C([2H])([2H])OP(C)(=O)O. The number of rotatable bonds is 2. The Balaban J connectivity index is 4.56. The van der Waals surface area contributed by atoms with Gasteiger partial charge < -0.3 is 9.42 Å². The van der Waals surface area contributed by atoms with E-state index in [1.807, 2.05) is 0 Å². The van der Waals surface area contributed by atoms with Gasteiger partial charge in [-0.1, -0.05) is 0 Å². The van der Waals surface area contributed by atoms with Gasteiger partial charge in [0.2, 0.25) is 0 Å². The lowest BCUT2D eigenvalue weighted by atomic mass is 10.9. The zero-order valence-corrected chi connectivity index (χ0v) is 4.61. The van der Waals surface area contributed by atoms with E-state index < -0.39 is 21.0 Å². The van der Waals surface area contributed by atoms with Crippen molar-refractivity contribution in [2.45, 2.75) is 6.85 Å². The van der Waals surface area contributed by atoms with Crippen LogP contribution in [0.25, 0.3) is 0 Å². The molecule has 1 atom stereocenters. The van der Waals surface area contributed by atoms with Gasteiger partial charge in [0.15, 0.2) is 0 Å². The molecule has 0 amide bonds. The molecule has 0 radical (unpaired) electrons. The van der Waals surface area contributed by atoms with Crippen LogP contribution in [0.15, 0.2) is 0 Å². The van der Waals surface area contributed by atoms with Crippen molar-refractivity contribution in [1.82, 2.24) is 0 Å². The molecule has 0 aromatic rings. The Hall–Kier alpha value is 0.150. The van der Waals surface area contributed by atoms with Crippen molar-refractivity contribution >= 4 is 7.60 Å². The fourth-order valence-electron chi connectivity index (χ4n) is 0.0847. The van der Waals surface area contributed by atoms with Crippen LogP contribution in [0.1, 0.15) is 13.7 Å². The van der Waals surface area contributed by atoms with Gasteiger partial charge >= 0.3 is 7.60 Å². The molecule has 0 aromatic carbocycles. The zero-order valence-electron chi connectivity index (χ0n) is 8.71. The topological polar surface area (TPSA) is 46.5 Å². The third-order valence-electron chi connectivity index (χ3n) is 0.215. The molecule has 7 heavy (non-hydrogen) atoms. The Kier molecular flexibility index (Phi) is 0.763. The Bertz CT molecular complexity index is 204. The minimum atomic E-state index is -4.12. The van der Waals surface area contributed by atoms with Gasteiger partial charge in [0.05, 0.1) is 9.30 Å². The monoisotopic (exact) mass is 129 g/mol. The third kappa shape index (κ3) is 6.15.